The van der Waals surface area contributed by atoms with Gasteiger partial charge in [-0.2, -0.15) is 0 Å². The van der Waals surface area contributed by atoms with Gasteiger partial charge in [-0.05, 0) is 44.4 Å². The third-order valence-electron chi connectivity index (χ3n) is 2.98. The number of thiophene rings is 1. The van der Waals surface area contributed by atoms with Crippen molar-refractivity contribution in [3.8, 4) is 0 Å². The van der Waals surface area contributed by atoms with Crippen LogP contribution in [-0.4, -0.2) is 16.8 Å². The van der Waals surface area contributed by atoms with Crippen LogP contribution in [0.1, 0.15) is 36.0 Å². The highest BCUT2D eigenvalue weighted by Gasteiger charge is 2.13. The molecule has 2 rings (SSSR count). The quantitative estimate of drug-likeness (QED) is 0.778. The van der Waals surface area contributed by atoms with Crippen molar-refractivity contribution in [3.05, 3.63) is 46.3 Å². The second kappa shape index (κ2) is 5.97. The summed E-state index contributed by atoms with van der Waals surface area (Å²) in [6.07, 6.45) is 1.65. The van der Waals surface area contributed by atoms with Crippen LogP contribution >= 0.6 is 11.3 Å². The summed E-state index contributed by atoms with van der Waals surface area (Å²) in [4.78, 5) is 19.2. The fraction of sp³-hybridized carbons (Fsp3) is 0.333. The Labute approximate surface area is 117 Å². The van der Waals surface area contributed by atoms with E-state index in [4.69, 9.17) is 0 Å². The molecule has 0 amide bonds. The Morgan fingerprint density at radius 2 is 2.16 bits per heavy atom. The largest absolute Gasteiger partial charge is 0.349 e. The number of Topliss-reactive ketones (excluding diaryl/α,β-unsaturated/α-hetero) is 1. The van der Waals surface area contributed by atoms with E-state index in [9.17, 15) is 4.79 Å². The van der Waals surface area contributed by atoms with Crippen molar-refractivity contribution in [1.29, 1.82) is 0 Å². The van der Waals surface area contributed by atoms with Gasteiger partial charge in [0.1, 0.15) is 5.82 Å². The summed E-state index contributed by atoms with van der Waals surface area (Å²) < 4.78 is 0. The van der Waals surface area contributed by atoms with Gasteiger partial charge < -0.3 is 4.90 Å². The van der Waals surface area contributed by atoms with Crippen LogP contribution in [0.4, 0.5) is 5.82 Å². The molecule has 0 aromatic carbocycles. The number of hydrogen-bond acceptors (Lipinski definition) is 4. The van der Waals surface area contributed by atoms with Gasteiger partial charge in [-0.15, -0.1) is 11.3 Å². The lowest BCUT2D eigenvalue weighted by molar-refractivity contribution is 0.101. The maximum atomic E-state index is 11.3. The molecule has 2 aromatic heterocycles. The summed E-state index contributed by atoms with van der Waals surface area (Å²) in [7, 11) is 0. The van der Waals surface area contributed by atoms with Crippen LogP contribution in [0.15, 0.2) is 35.8 Å². The summed E-state index contributed by atoms with van der Waals surface area (Å²) in [5, 5.41) is 2.08. The predicted molar refractivity (Wildman–Crippen MR) is 79.9 cm³/mol. The number of rotatable bonds is 5. The van der Waals surface area contributed by atoms with Crippen molar-refractivity contribution in [1.82, 2.24) is 4.98 Å². The molecular weight excluding hydrogens is 256 g/mol. The van der Waals surface area contributed by atoms with E-state index in [2.05, 4.69) is 41.2 Å². The van der Waals surface area contributed by atoms with Crippen molar-refractivity contribution in [3.63, 3.8) is 0 Å². The Hall–Kier alpha value is -1.68. The van der Waals surface area contributed by atoms with E-state index < -0.39 is 0 Å². The van der Waals surface area contributed by atoms with Crippen LogP contribution in [0, 0.1) is 0 Å². The summed E-state index contributed by atoms with van der Waals surface area (Å²) in [5.41, 5.74) is 0.656. The second-order valence-electron chi connectivity index (χ2n) is 4.76. The van der Waals surface area contributed by atoms with E-state index in [1.807, 2.05) is 12.1 Å². The number of nitrogens with zero attached hydrogens (tertiary/aromatic N) is 2. The van der Waals surface area contributed by atoms with Gasteiger partial charge in [-0.1, -0.05) is 6.07 Å². The van der Waals surface area contributed by atoms with Crippen LogP contribution in [0.25, 0.3) is 0 Å². The molecule has 0 aliphatic rings. The number of aromatic nitrogens is 1. The zero-order valence-electron chi connectivity index (χ0n) is 11.5. The Morgan fingerprint density at radius 3 is 2.63 bits per heavy atom. The monoisotopic (exact) mass is 274 g/mol. The fourth-order valence-electron chi connectivity index (χ4n) is 1.86. The number of hydrogen-bond donors (Lipinski definition) is 0. The maximum absolute atomic E-state index is 11.3. The van der Waals surface area contributed by atoms with Crippen LogP contribution in [0.2, 0.25) is 0 Å². The van der Waals surface area contributed by atoms with Crippen LogP contribution in [0.3, 0.4) is 0 Å². The standard InChI is InChI=1S/C15H18N2OS/c1-11(2)17(10-14-5-4-8-19-14)15-7-6-13(9-16-15)12(3)18/h4-9,11H,10H2,1-3H3. The zero-order valence-corrected chi connectivity index (χ0v) is 12.3. The molecule has 0 saturated heterocycles. The number of carbonyl (C=O) groups excluding carboxylic acids is 1. The third kappa shape index (κ3) is 3.41. The Kier molecular flexibility index (Phi) is 4.32. The maximum Gasteiger partial charge on any atom is 0.161 e. The van der Waals surface area contributed by atoms with E-state index in [1.54, 1.807) is 24.5 Å². The lowest BCUT2D eigenvalue weighted by Gasteiger charge is -2.27. The first-order valence-corrected chi connectivity index (χ1v) is 7.22. The molecule has 0 spiro atoms. The Morgan fingerprint density at radius 1 is 1.37 bits per heavy atom. The average molecular weight is 274 g/mol. The fourth-order valence-corrected chi connectivity index (χ4v) is 2.57. The number of carbonyl (C=O) groups is 1. The van der Waals surface area contributed by atoms with Crippen LogP contribution in [0.5, 0.6) is 0 Å². The molecule has 0 radical (unpaired) electrons. The number of pyridine rings is 1. The normalized spacial score (nSPS) is 10.7. The molecule has 0 aliphatic heterocycles. The molecule has 4 heteroatoms. The molecule has 0 aliphatic carbocycles. The molecule has 0 unspecified atom stereocenters. The van der Waals surface area contributed by atoms with Gasteiger partial charge in [-0.3, -0.25) is 4.79 Å². The predicted octanol–water partition coefficient (Wildman–Crippen LogP) is 3.76. The van der Waals surface area contributed by atoms with Crippen LogP contribution in [-0.2, 0) is 6.54 Å². The summed E-state index contributed by atoms with van der Waals surface area (Å²) in [5.74, 6) is 0.960. The molecular formula is C15H18N2OS. The molecule has 2 heterocycles. The van der Waals surface area contributed by atoms with E-state index >= 15 is 0 Å². The topological polar surface area (TPSA) is 33.2 Å². The molecule has 100 valence electrons. The first-order chi connectivity index (χ1) is 9.08. The summed E-state index contributed by atoms with van der Waals surface area (Å²) in [6.45, 7) is 6.70. The molecule has 0 fully saturated rings. The van der Waals surface area contributed by atoms with Gasteiger partial charge in [0.2, 0.25) is 0 Å². The molecule has 0 bridgehead atoms. The van der Waals surface area contributed by atoms with E-state index in [-0.39, 0.29) is 5.78 Å². The van der Waals surface area contributed by atoms with Gasteiger partial charge in [0.05, 0.1) is 6.54 Å². The van der Waals surface area contributed by atoms with Gasteiger partial charge >= 0.3 is 0 Å². The molecule has 19 heavy (non-hydrogen) atoms. The second-order valence-corrected chi connectivity index (χ2v) is 5.79. The van der Waals surface area contributed by atoms with Crippen molar-refractivity contribution < 1.29 is 4.79 Å². The lowest BCUT2D eigenvalue weighted by Crippen LogP contribution is -2.30. The molecule has 0 saturated carbocycles. The SMILES string of the molecule is CC(=O)c1ccc(N(Cc2cccs2)C(C)C)nc1. The van der Waals surface area contributed by atoms with Gasteiger partial charge in [-0.25, -0.2) is 4.98 Å². The van der Waals surface area contributed by atoms with Crippen molar-refractivity contribution in [2.24, 2.45) is 0 Å². The van der Waals surface area contributed by atoms with E-state index in [0.717, 1.165) is 12.4 Å². The zero-order chi connectivity index (χ0) is 13.8. The van der Waals surface area contributed by atoms with Gasteiger partial charge in [0.15, 0.2) is 5.78 Å². The van der Waals surface area contributed by atoms with Crippen molar-refractivity contribution in [2.75, 3.05) is 4.90 Å². The highest BCUT2D eigenvalue weighted by Crippen LogP contribution is 2.20. The molecule has 0 N–H and O–H groups in total. The minimum atomic E-state index is 0.0494. The first kappa shape index (κ1) is 13.7. The first-order valence-electron chi connectivity index (χ1n) is 6.34. The Balaban J connectivity index is 2.21. The molecule has 2 aromatic rings. The van der Waals surface area contributed by atoms with Gasteiger partial charge in [0.25, 0.3) is 0 Å². The highest BCUT2D eigenvalue weighted by molar-refractivity contribution is 7.09. The summed E-state index contributed by atoms with van der Waals surface area (Å²) in [6, 6.07) is 8.31. The average Bonchev–Trinajstić information content (AvgIpc) is 2.88. The summed E-state index contributed by atoms with van der Waals surface area (Å²) >= 11 is 1.75. The lowest BCUT2D eigenvalue weighted by atomic mass is 10.2. The molecule has 0 atom stereocenters. The molecule has 3 nitrogen and oxygen atoms in total. The van der Waals surface area contributed by atoms with E-state index in [0.29, 0.717) is 11.6 Å². The van der Waals surface area contributed by atoms with Crippen molar-refractivity contribution >= 4 is 22.9 Å². The van der Waals surface area contributed by atoms with E-state index in [1.165, 1.54) is 4.88 Å². The smallest absolute Gasteiger partial charge is 0.161 e. The third-order valence-corrected chi connectivity index (χ3v) is 3.84. The number of anilines is 1. The minimum Gasteiger partial charge on any atom is -0.349 e. The number of ketones is 1. The van der Waals surface area contributed by atoms with Gasteiger partial charge in [0, 0.05) is 22.7 Å². The van der Waals surface area contributed by atoms with Crippen molar-refractivity contribution in [2.45, 2.75) is 33.4 Å². The minimum absolute atomic E-state index is 0.0494. The Bertz CT molecular complexity index is 532. The highest BCUT2D eigenvalue weighted by atomic mass is 32.1. The van der Waals surface area contributed by atoms with Crippen LogP contribution < -0.4 is 4.90 Å².